The van der Waals surface area contributed by atoms with Crippen LogP contribution in [0.1, 0.15) is 10.4 Å². The van der Waals surface area contributed by atoms with Gasteiger partial charge in [-0.1, -0.05) is 36.4 Å². The smallest absolute Gasteiger partial charge is 0.272 e. The summed E-state index contributed by atoms with van der Waals surface area (Å²) in [4.78, 5) is 13.2. The first-order valence-electron chi connectivity index (χ1n) is 7.96. The lowest BCUT2D eigenvalue weighted by molar-refractivity contribution is 0.101. The third-order valence-electron chi connectivity index (χ3n) is 4.32. The zero-order valence-corrected chi connectivity index (χ0v) is 14.7. The molecule has 0 saturated heterocycles. The highest BCUT2D eigenvalue weighted by atomic mass is 32.2. The predicted octanol–water partition coefficient (Wildman–Crippen LogP) is 3.71. The molecule has 1 heterocycles. The topological polar surface area (TPSA) is 63.7 Å². The van der Waals surface area contributed by atoms with Gasteiger partial charge in [0.05, 0.1) is 17.7 Å². The van der Waals surface area contributed by atoms with Gasteiger partial charge in [-0.05, 0) is 36.4 Å². The van der Waals surface area contributed by atoms with Crippen LogP contribution in [0, 0.1) is 0 Å². The Labute approximate surface area is 151 Å². The Balaban J connectivity index is 2.00. The number of carbonyl (C=O) groups excluding carboxylic acids is 1. The van der Waals surface area contributed by atoms with Crippen LogP contribution in [0.25, 0.3) is 11.1 Å². The molecule has 0 aliphatic carbocycles. The van der Waals surface area contributed by atoms with Crippen molar-refractivity contribution in [2.24, 2.45) is 0 Å². The van der Waals surface area contributed by atoms with Gasteiger partial charge in [0.2, 0.25) is 0 Å². The van der Waals surface area contributed by atoms with Crippen molar-refractivity contribution >= 4 is 21.6 Å². The molecule has 3 aromatic carbocycles. The van der Waals surface area contributed by atoms with Gasteiger partial charge < -0.3 is 4.74 Å². The van der Waals surface area contributed by atoms with Crippen molar-refractivity contribution in [2.45, 2.75) is 4.90 Å². The maximum Gasteiger partial charge on any atom is 0.272 e. The zero-order chi connectivity index (χ0) is 18.3. The Morgan fingerprint density at radius 1 is 0.885 bits per heavy atom. The van der Waals surface area contributed by atoms with E-state index in [9.17, 15) is 13.2 Å². The van der Waals surface area contributed by atoms with Gasteiger partial charge in [0.15, 0.2) is 0 Å². The van der Waals surface area contributed by atoms with Crippen LogP contribution >= 0.6 is 0 Å². The standard InChI is InChI=1S/C20H15NO4S/c1-25-15-11-12-18-17(13-15)16-9-5-6-10-19(16)26(23,24)21(18)20(22)14-7-3-2-4-8-14/h2-13H,1H3. The highest BCUT2D eigenvalue weighted by Crippen LogP contribution is 2.44. The largest absolute Gasteiger partial charge is 0.497 e. The predicted molar refractivity (Wildman–Crippen MR) is 98.9 cm³/mol. The molecular formula is C20H15NO4S. The number of fused-ring (bicyclic) bond motifs is 3. The van der Waals surface area contributed by atoms with E-state index in [4.69, 9.17) is 4.74 Å². The first-order valence-corrected chi connectivity index (χ1v) is 9.40. The lowest BCUT2D eigenvalue weighted by Crippen LogP contribution is -2.39. The first kappa shape index (κ1) is 16.4. The number of sulfonamides is 1. The molecule has 0 radical (unpaired) electrons. The van der Waals surface area contributed by atoms with Crippen LogP contribution in [0.15, 0.2) is 77.7 Å². The van der Waals surface area contributed by atoms with Gasteiger partial charge in [-0.25, -0.2) is 8.42 Å². The first-order chi connectivity index (χ1) is 12.5. The third kappa shape index (κ3) is 2.38. The van der Waals surface area contributed by atoms with Gasteiger partial charge in [0, 0.05) is 16.7 Å². The van der Waals surface area contributed by atoms with Gasteiger partial charge in [-0.15, -0.1) is 0 Å². The highest BCUT2D eigenvalue weighted by molar-refractivity contribution is 7.93. The average molecular weight is 365 g/mol. The fourth-order valence-corrected chi connectivity index (χ4v) is 4.74. The number of ether oxygens (including phenoxy) is 1. The molecule has 26 heavy (non-hydrogen) atoms. The molecule has 0 spiro atoms. The van der Waals surface area contributed by atoms with E-state index in [1.165, 1.54) is 6.07 Å². The van der Waals surface area contributed by atoms with Crippen LogP contribution in [-0.4, -0.2) is 21.4 Å². The zero-order valence-electron chi connectivity index (χ0n) is 13.9. The number of amides is 1. The highest BCUT2D eigenvalue weighted by Gasteiger charge is 2.39. The van der Waals surface area contributed by atoms with Crippen molar-refractivity contribution in [1.29, 1.82) is 0 Å². The number of rotatable bonds is 2. The van der Waals surface area contributed by atoms with E-state index < -0.39 is 15.9 Å². The summed E-state index contributed by atoms with van der Waals surface area (Å²) in [6, 6.07) is 20.0. The minimum Gasteiger partial charge on any atom is -0.497 e. The molecule has 0 unspecified atom stereocenters. The lowest BCUT2D eigenvalue weighted by Gasteiger charge is -2.30. The van der Waals surface area contributed by atoms with E-state index in [0.717, 1.165) is 4.31 Å². The number of anilines is 1. The Morgan fingerprint density at radius 2 is 1.58 bits per heavy atom. The summed E-state index contributed by atoms with van der Waals surface area (Å²) < 4.78 is 32.6. The molecular weight excluding hydrogens is 350 g/mol. The Bertz CT molecular complexity index is 1110. The maximum atomic E-state index is 13.2. The summed E-state index contributed by atoms with van der Waals surface area (Å²) in [5.74, 6) is -0.00326. The summed E-state index contributed by atoms with van der Waals surface area (Å²) in [5.41, 5.74) is 1.81. The van der Waals surface area contributed by atoms with Crippen LogP contribution in [0.5, 0.6) is 5.75 Å². The summed E-state index contributed by atoms with van der Waals surface area (Å²) in [6.45, 7) is 0. The van der Waals surface area contributed by atoms with E-state index in [1.807, 2.05) is 0 Å². The fourth-order valence-electron chi connectivity index (χ4n) is 3.09. The van der Waals surface area contributed by atoms with Gasteiger partial charge in [-0.3, -0.25) is 4.79 Å². The van der Waals surface area contributed by atoms with Crippen LogP contribution in [0.4, 0.5) is 5.69 Å². The Morgan fingerprint density at radius 3 is 2.31 bits per heavy atom. The molecule has 4 rings (SSSR count). The van der Waals surface area contributed by atoms with Crippen LogP contribution < -0.4 is 9.04 Å². The molecule has 0 N–H and O–H groups in total. The molecule has 1 aliphatic rings. The number of nitrogens with zero attached hydrogens (tertiary/aromatic N) is 1. The fraction of sp³-hybridized carbons (Fsp3) is 0.0500. The molecule has 0 atom stereocenters. The minimum atomic E-state index is -4.02. The molecule has 6 heteroatoms. The maximum absolute atomic E-state index is 13.2. The average Bonchev–Trinajstić information content (AvgIpc) is 2.68. The molecule has 130 valence electrons. The molecule has 0 fully saturated rings. The van der Waals surface area contributed by atoms with Crippen LogP contribution in [-0.2, 0) is 10.0 Å². The quantitative estimate of drug-likeness (QED) is 0.694. The lowest BCUT2D eigenvalue weighted by atomic mass is 10.0. The van der Waals surface area contributed by atoms with E-state index in [-0.39, 0.29) is 4.90 Å². The van der Waals surface area contributed by atoms with Crippen LogP contribution in [0.3, 0.4) is 0 Å². The number of carbonyl (C=O) groups is 1. The second kappa shape index (κ2) is 6.00. The van der Waals surface area contributed by atoms with Crippen molar-refractivity contribution in [3.63, 3.8) is 0 Å². The Kier molecular flexibility index (Phi) is 3.77. The number of methoxy groups -OCH3 is 1. The number of hydrogen-bond donors (Lipinski definition) is 0. The van der Waals surface area contributed by atoms with Crippen molar-refractivity contribution < 1.29 is 17.9 Å². The molecule has 0 saturated carbocycles. The molecule has 1 amide bonds. The summed E-state index contributed by atoms with van der Waals surface area (Å²) in [6.07, 6.45) is 0. The van der Waals surface area contributed by atoms with Crippen molar-refractivity contribution in [2.75, 3.05) is 11.4 Å². The monoisotopic (exact) mass is 365 g/mol. The summed E-state index contributed by atoms with van der Waals surface area (Å²) in [7, 11) is -2.48. The molecule has 0 aromatic heterocycles. The van der Waals surface area contributed by atoms with Crippen molar-refractivity contribution in [3.05, 3.63) is 78.4 Å². The van der Waals surface area contributed by atoms with Crippen LogP contribution in [0.2, 0.25) is 0 Å². The summed E-state index contributed by atoms with van der Waals surface area (Å²) >= 11 is 0. The number of hydrogen-bond acceptors (Lipinski definition) is 4. The number of benzene rings is 3. The van der Waals surface area contributed by atoms with E-state index in [0.29, 0.717) is 28.1 Å². The SMILES string of the molecule is COc1ccc2c(c1)-c1ccccc1S(=O)(=O)N2C(=O)c1ccccc1. The van der Waals surface area contributed by atoms with Gasteiger partial charge in [-0.2, -0.15) is 4.31 Å². The molecule has 3 aromatic rings. The third-order valence-corrected chi connectivity index (χ3v) is 6.08. The molecule has 0 bridgehead atoms. The van der Waals surface area contributed by atoms with Crippen molar-refractivity contribution in [1.82, 2.24) is 0 Å². The second-order valence-corrected chi connectivity index (χ2v) is 7.57. The van der Waals surface area contributed by atoms with Gasteiger partial charge >= 0.3 is 0 Å². The van der Waals surface area contributed by atoms with Crippen molar-refractivity contribution in [3.8, 4) is 16.9 Å². The van der Waals surface area contributed by atoms with E-state index >= 15 is 0 Å². The molecule has 5 nitrogen and oxygen atoms in total. The van der Waals surface area contributed by atoms with E-state index in [2.05, 4.69) is 0 Å². The Hall–Kier alpha value is -3.12. The van der Waals surface area contributed by atoms with E-state index in [1.54, 1.807) is 73.8 Å². The minimum absolute atomic E-state index is 0.102. The second-order valence-electron chi connectivity index (χ2n) is 5.82. The van der Waals surface area contributed by atoms with Gasteiger partial charge in [0.1, 0.15) is 5.75 Å². The normalized spacial score (nSPS) is 14.3. The molecule has 1 aliphatic heterocycles. The van der Waals surface area contributed by atoms with Gasteiger partial charge in [0.25, 0.3) is 15.9 Å². The summed E-state index contributed by atoms with van der Waals surface area (Å²) in [5, 5.41) is 0.